The molecule has 206 valence electrons. The van der Waals surface area contributed by atoms with E-state index in [1.54, 1.807) is 12.1 Å². The molecule has 1 N–H and O–H groups in total. The third kappa shape index (κ3) is 6.77. The lowest BCUT2D eigenvalue weighted by Crippen LogP contribution is -2.36. The van der Waals surface area contributed by atoms with E-state index in [-0.39, 0.29) is 32.8 Å². The molecule has 0 atom stereocenters. The Morgan fingerprint density at radius 3 is 2.45 bits per heavy atom. The Morgan fingerprint density at radius 1 is 1.00 bits per heavy atom. The van der Waals surface area contributed by atoms with Gasteiger partial charge in [-0.15, -0.1) is 0 Å². The summed E-state index contributed by atoms with van der Waals surface area (Å²) in [6, 6.07) is 17.0. The van der Waals surface area contributed by atoms with Gasteiger partial charge in [0.25, 0.3) is 11.1 Å². The van der Waals surface area contributed by atoms with Gasteiger partial charge in [-0.1, -0.05) is 53.5 Å². The second kappa shape index (κ2) is 12.9. The zero-order chi connectivity index (χ0) is 28.8. The summed E-state index contributed by atoms with van der Waals surface area (Å²) in [5.41, 5.74) is 1.75. The van der Waals surface area contributed by atoms with Gasteiger partial charge in [-0.05, 0) is 59.3 Å². The number of anilines is 1. The van der Waals surface area contributed by atoms with Crippen LogP contribution in [-0.4, -0.2) is 48.7 Å². The fraction of sp³-hybridized carbons (Fsp3) is 0.143. The first-order valence-corrected chi connectivity index (χ1v) is 13.2. The van der Waals surface area contributed by atoms with Crippen molar-refractivity contribution in [3.63, 3.8) is 0 Å². The molecule has 40 heavy (non-hydrogen) atoms. The molecule has 4 rings (SSSR count). The van der Waals surface area contributed by atoms with Gasteiger partial charge < -0.3 is 19.5 Å². The summed E-state index contributed by atoms with van der Waals surface area (Å²) < 4.78 is 16.0. The maximum atomic E-state index is 13.0. The van der Waals surface area contributed by atoms with Crippen LogP contribution in [0, 0.1) is 0 Å². The minimum Gasteiger partial charge on any atom is -0.493 e. The standard InChI is InChI=1S/C28H22Cl2N2O7S/c1-37-22-11-17(10-21(30)25(22)39-15-16-6-4-3-5-7-16)12-23-26(34)32(28(36)40-23)14-24(33)31-18-8-9-20(29)19(13-18)27(35)38-2/h3-13H,14-15H2,1-2H3,(H,31,33)/b23-12-. The molecule has 3 aromatic carbocycles. The van der Waals surface area contributed by atoms with Gasteiger partial charge in [-0.25, -0.2) is 4.79 Å². The van der Waals surface area contributed by atoms with Crippen LogP contribution in [0.25, 0.3) is 6.08 Å². The average molecular weight is 601 g/mol. The monoisotopic (exact) mass is 600 g/mol. The molecule has 1 heterocycles. The number of imide groups is 1. The maximum absolute atomic E-state index is 13.0. The Labute approximate surface area is 244 Å². The number of hydrogen-bond acceptors (Lipinski definition) is 8. The number of amides is 3. The fourth-order valence-electron chi connectivity index (χ4n) is 3.69. The first-order chi connectivity index (χ1) is 19.2. The number of methoxy groups -OCH3 is 2. The van der Waals surface area contributed by atoms with Crippen molar-refractivity contribution >= 4 is 69.8 Å². The second-order valence-electron chi connectivity index (χ2n) is 8.31. The minimum absolute atomic E-state index is 0.0571. The SMILES string of the molecule is COC(=O)c1cc(NC(=O)CN2C(=O)S/C(=C\c3cc(Cl)c(OCc4ccccc4)c(OC)c3)C2=O)ccc1Cl. The molecule has 1 fully saturated rings. The van der Waals surface area contributed by atoms with E-state index >= 15 is 0 Å². The van der Waals surface area contributed by atoms with Gasteiger partial charge in [-0.3, -0.25) is 19.3 Å². The quantitative estimate of drug-likeness (QED) is 0.233. The molecular weight excluding hydrogens is 579 g/mol. The first kappa shape index (κ1) is 29.0. The van der Waals surface area contributed by atoms with Crippen molar-refractivity contribution in [2.75, 3.05) is 26.1 Å². The van der Waals surface area contributed by atoms with E-state index in [1.165, 1.54) is 38.5 Å². The van der Waals surface area contributed by atoms with Crippen molar-refractivity contribution < 1.29 is 33.4 Å². The van der Waals surface area contributed by atoms with Crippen LogP contribution < -0.4 is 14.8 Å². The molecule has 0 aromatic heterocycles. The number of halogens is 2. The van der Waals surface area contributed by atoms with Gasteiger partial charge in [0.05, 0.1) is 34.7 Å². The lowest BCUT2D eigenvalue weighted by Gasteiger charge is -2.14. The number of esters is 1. The zero-order valence-corrected chi connectivity index (χ0v) is 23.6. The molecule has 3 amide bonds. The molecule has 0 spiro atoms. The highest BCUT2D eigenvalue weighted by Crippen LogP contribution is 2.39. The molecule has 9 nitrogen and oxygen atoms in total. The zero-order valence-electron chi connectivity index (χ0n) is 21.2. The van der Waals surface area contributed by atoms with Crippen LogP contribution in [0.3, 0.4) is 0 Å². The van der Waals surface area contributed by atoms with Crippen LogP contribution in [0.4, 0.5) is 10.5 Å². The van der Waals surface area contributed by atoms with Crippen molar-refractivity contribution in [1.29, 1.82) is 0 Å². The van der Waals surface area contributed by atoms with Gasteiger partial charge >= 0.3 is 5.97 Å². The smallest absolute Gasteiger partial charge is 0.339 e. The van der Waals surface area contributed by atoms with E-state index in [2.05, 4.69) is 10.1 Å². The molecule has 0 unspecified atom stereocenters. The predicted octanol–water partition coefficient (Wildman–Crippen LogP) is 6.04. The lowest BCUT2D eigenvalue weighted by atomic mass is 10.1. The molecule has 1 aliphatic heterocycles. The first-order valence-electron chi connectivity index (χ1n) is 11.7. The normalized spacial score (nSPS) is 13.9. The van der Waals surface area contributed by atoms with E-state index in [0.717, 1.165) is 10.5 Å². The third-order valence-corrected chi connectivity index (χ3v) is 7.12. The number of thioether (sulfide) groups is 1. The lowest BCUT2D eigenvalue weighted by molar-refractivity contribution is -0.127. The Kier molecular flexibility index (Phi) is 9.36. The number of carbonyl (C=O) groups excluding carboxylic acids is 4. The van der Waals surface area contributed by atoms with Crippen LogP contribution in [0.5, 0.6) is 11.5 Å². The summed E-state index contributed by atoms with van der Waals surface area (Å²) in [5, 5.41) is 2.34. The van der Waals surface area contributed by atoms with Crippen molar-refractivity contribution in [3.8, 4) is 11.5 Å². The molecule has 0 bridgehead atoms. The van der Waals surface area contributed by atoms with Crippen molar-refractivity contribution in [2.24, 2.45) is 0 Å². The van der Waals surface area contributed by atoms with Crippen molar-refractivity contribution in [1.82, 2.24) is 4.90 Å². The Morgan fingerprint density at radius 2 is 1.75 bits per heavy atom. The molecule has 0 saturated carbocycles. The molecular formula is C28H22Cl2N2O7S. The predicted molar refractivity (Wildman–Crippen MR) is 153 cm³/mol. The van der Waals surface area contributed by atoms with E-state index in [9.17, 15) is 19.2 Å². The Hall–Kier alpha value is -3.99. The fourth-order valence-corrected chi connectivity index (χ4v) is 5.00. The van der Waals surface area contributed by atoms with E-state index in [0.29, 0.717) is 28.8 Å². The number of carbonyl (C=O) groups is 4. The highest BCUT2D eigenvalue weighted by atomic mass is 35.5. The van der Waals surface area contributed by atoms with Gasteiger partial charge in [0, 0.05) is 5.69 Å². The molecule has 12 heteroatoms. The topological polar surface area (TPSA) is 111 Å². The van der Waals surface area contributed by atoms with Gasteiger partial charge in [-0.2, -0.15) is 0 Å². The van der Waals surface area contributed by atoms with Gasteiger partial charge in [0.15, 0.2) is 11.5 Å². The van der Waals surface area contributed by atoms with E-state index in [1.807, 2.05) is 30.3 Å². The Bertz CT molecular complexity index is 1510. The third-order valence-electron chi connectivity index (χ3n) is 5.61. The average Bonchev–Trinajstić information content (AvgIpc) is 3.20. The van der Waals surface area contributed by atoms with Crippen LogP contribution in [0.1, 0.15) is 21.5 Å². The summed E-state index contributed by atoms with van der Waals surface area (Å²) in [6.07, 6.45) is 1.49. The number of rotatable bonds is 9. The summed E-state index contributed by atoms with van der Waals surface area (Å²) in [5.74, 6) is -1.28. The maximum Gasteiger partial charge on any atom is 0.339 e. The molecule has 0 radical (unpaired) electrons. The Balaban J connectivity index is 1.46. The van der Waals surface area contributed by atoms with E-state index in [4.69, 9.17) is 32.7 Å². The molecule has 3 aromatic rings. The highest BCUT2D eigenvalue weighted by molar-refractivity contribution is 8.18. The molecule has 1 saturated heterocycles. The largest absolute Gasteiger partial charge is 0.493 e. The van der Waals surface area contributed by atoms with Crippen LogP contribution in [0.2, 0.25) is 10.0 Å². The number of nitrogens with zero attached hydrogens (tertiary/aromatic N) is 1. The summed E-state index contributed by atoms with van der Waals surface area (Å²) in [4.78, 5) is 50.9. The van der Waals surface area contributed by atoms with Crippen LogP contribution >= 0.6 is 35.0 Å². The number of ether oxygens (including phenoxy) is 3. The van der Waals surface area contributed by atoms with Crippen molar-refractivity contribution in [2.45, 2.75) is 6.61 Å². The second-order valence-corrected chi connectivity index (χ2v) is 10.1. The molecule has 1 aliphatic rings. The van der Waals surface area contributed by atoms with E-state index < -0.39 is 29.6 Å². The number of nitrogens with one attached hydrogen (secondary N) is 1. The minimum atomic E-state index is -0.676. The van der Waals surface area contributed by atoms with Crippen LogP contribution in [-0.2, 0) is 20.9 Å². The highest BCUT2D eigenvalue weighted by Gasteiger charge is 2.36. The summed E-state index contributed by atoms with van der Waals surface area (Å²) in [6.45, 7) is -0.258. The summed E-state index contributed by atoms with van der Waals surface area (Å²) in [7, 11) is 2.67. The molecule has 0 aliphatic carbocycles. The summed E-state index contributed by atoms with van der Waals surface area (Å²) >= 11 is 13.2. The number of benzene rings is 3. The van der Waals surface area contributed by atoms with Gasteiger partial charge in [0.2, 0.25) is 5.91 Å². The van der Waals surface area contributed by atoms with Gasteiger partial charge in [0.1, 0.15) is 13.2 Å². The van der Waals surface area contributed by atoms with Crippen molar-refractivity contribution in [3.05, 3.63) is 92.3 Å². The number of hydrogen-bond donors (Lipinski definition) is 1. The van der Waals surface area contributed by atoms with Crippen LogP contribution in [0.15, 0.2) is 65.6 Å².